The molecule has 37 heavy (non-hydrogen) atoms. The van der Waals surface area contributed by atoms with Crippen molar-refractivity contribution in [2.75, 3.05) is 6.61 Å². The lowest BCUT2D eigenvalue weighted by molar-refractivity contribution is -0.137. The Bertz CT molecular complexity index is 1390. The minimum absolute atomic E-state index is 0.000441. The van der Waals surface area contributed by atoms with E-state index in [0.717, 1.165) is 41.7 Å². The molecule has 5 rings (SSSR count). The van der Waals surface area contributed by atoms with Crippen LogP contribution in [0.2, 0.25) is 15.2 Å². The SMILES string of the molecule is O=C(OCC(=O)N1N=C2C(=Cc3cccc(Cl)c3)CCCC2C1c1ccc(Cl)cc1)c1ccc(Cl)nc1. The van der Waals surface area contributed by atoms with Gasteiger partial charge in [0.1, 0.15) is 5.15 Å². The fraction of sp³-hybridized carbons (Fsp3) is 0.214. The molecule has 0 N–H and O–H groups in total. The van der Waals surface area contributed by atoms with Crippen LogP contribution < -0.4 is 0 Å². The molecular weight excluding hydrogens is 533 g/mol. The Kier molecular flexibility index (Phi) is 7.60. The quantitative estimate of drug-likeness (QED) is 0.251. The van der Waals surface area contributed by atoms with Crippen LogP contribution in [0.3, 0.4) is 0 Å². The Balaban J connectivity index is 1.43. The van der Waals surface area contributed by atoms with Crippen LogP contribution in [0.25, 0.3) is 6.08 Å². The van der Waals surface area contributed by atoms with E-state index in [0.29, 0.717) is 10.0 Å². The van der Waals surface area contributed by atoms with Crippen molar-refractivity contribution in [2.45, 2.75) is 25.3 Å². The fourth-order valence-corrected chi connectivity index (χ4v) is 5.21. The molecule has 3 aromatic rings. The van der Waals surface area contributed by atoms with Crippen LogP contribution in [-0.4, -0.2) is 34.2 Å². The number of hydrogen-bond acceptors (Lipinski definition) is 5. The molecule has 0 saturated heterocycles. The smallest absolute Gasteiger partial charge is 0.340 e. The first kappa shape index (κ1) is 25.5. The summed E-state index contributed by atoms with van der Waals surface area (Å²) in [4.78, 5) is 29.7. The highest BCUT2D eigenvalue weighted by atomic mass is 35.5. The first-order valence-corrected chi connectivity index (χ1v) is 12.9. The molecule has 6 nitrogen and oxygen atoms in total. The summed E-state index contributed by atoms with van der Waals surface area (Å²) in [5.41, 5.74) is 4.03. The second-order valence-electron chi connectivity index (χ2n) is 8.89. The van der Waals surface area contributed by atoms with Crippen molar-refractivity contribution in [3.63, 3.8) is 0 Å². The minimum Gasteiger partial charge on any atom is -0.452 e. The van der Waals surface area contributed by atoms with Crippen LogP contribution in [0, 0.1) is 5.92 Å². The number of hydrazone groups is 1. The summed E-state index contributed by atoms with van der Waals surface area (Å²) >= 11 is 18.1. The third kappa shape index (κ3) is 5.72. The van der Waals surface area contributed by atoms with Crippen molar-refractivity contribution < 1.29 is 14.3 Å². The largest absolute Gasteiger partial charge is 0.452 e. The first-order chi connectivity index (χ1) is 17.9. The standard InChI is InChI=1S/C28H22Cl3N3O3/c29-21-10-7-18(8-11-21)27-23-6-2-4-19(13-17-3-1-5-22(30)14-17)26(23)33-34(27)25(35)16-37-28(36)20-9-12-24(31)32-15-20/h1,3,5,7-15,23,27H,2,4,6,16H2. The van der Waals surface area contributed by atoms with E-state index < -0.39 is 18.5 Å². The van der Waals surface area contributed by atoms with E-state index >= 15 is 0 Å². The molecule has 1 aliphatic heterocycles. The maximum absolute atomic E-state index is 13.4. The number of pyridine rings is 1. The lowest BCUT2D eigenvalue weighted by Crippen LogP contribution is -2.34. The zero-order chi connectivity index (χ0) is 25.9. The number of hydrogen-bond donors (Lipinski definition) is 0. The average Bonchev–Trinajstić information content (AvgIpc) is 3.29. The Labute approximate surface area is 229 Å². The van der Waals surface area contributed by atoms with E-state index in [-0.39, 0.29) is 22.7 Å². The molecule has 1 fully saturated rings. The lowest BCUT2D eigenvalue weighted by Gasteiger charge is -2.29. The van der Waals surface area contributed by atoms with Crippen molar-refractivity contribution in [3.05, 3.63) is 104 Å². The fourth-order valence-electron chi connectivity index (χ4n) is 4.77. The van der Waals surface area contributed by atoms with Gasteiger partial charge in [0.15, 0.2) is 6.61 Å². The minimum atomic E-state index is -0.661. The first-order valence-electron chi connectivity index (χ1n) is 11.8. The van der Waals surface area contributed by atoms with Crippen LogP contribution in [-0.2, 0) is 9.53 Å². The van der Waals surface area contributed by atoms with E-state index in [1.54, 1.807) is 12.1 Å². The maximum atomic E-state index is 13.4. The zero-order valence-corrected chi connectivity index (χ0v) is 21.9. The van der Waals surface area contributed by atoms with Gasteiger partial charge in [-0.1, -0.05) is 59.1 Å². The highest BCUT2D eigenvalue weighted by Crippen LogP contribution is 2.44. The van der Waals surface area contributed by atoms with Crippen LogP contribution >= 0.6 is 34.8 Å². The molecule has 1 aromatic heterocycles. The number of nitrogens with zero attached hydrogens (tertiary/aromatic N) is 3. The van der Waals surface area contributed by atoms with Crippen molar-refractivity contribution in [2.24, 2.45) is 11.0 Å². The normalized spacial score (nSPS) is 19.9. The monoisotopic (exact) mass is 553 g/mol. The predicted molar refractivity (Wildman–Crippen MR) is 145 cm³/mol. The second kappa shape index (κ2) is 11.1. The maximum Gasteiger partial charge on any atom is 0.340 e. The number of allylic oxidation sites excluding steroid dienone is 1. The molecule has 9 heteroatoms. The summed E-state index contributed by atoms with van der Waals surface area (Å²) in [6.45, 7) is -0.456. The van der Waals surface area contributed by atoms with Gasteiger partial charge in [-0.15, -0.1) is 0 Å². The van der Waals surface area contributed by atoms with E-state index in [4.69, 9.17) is 44.6 Å². The van der Waals surface area contributed by atoms with Gasteiger partial charge in [-0.05, 0) is 78.4 Å². The third-order valence-electron chi connectivity index (χ3n) is 6.45. The number of carbonyl (C=O) groups is 2. The van der Waals surface area contributed by atoms with Crippen molar-refractivity contribution in [1.29, 1.82) is 0 Å². The van der Waals surface area contributed by atoms with E-state index in [1.165, 1.54) is 23.3 Å². The number of carbonyl (C=O) groups excluding carboxylic acids is 2. The molecule has 0 spiro atoms. The molecule has 2 atom stereocenters. The number of aromatic nitrogens is 1. The zero-order valence-electron chi connectivity index (χ0n) is 19.6. The van der Waals surface area contributed by atoms with Gasteiger partial charge in [-0.3, -0.25) is 4.79 Å². The number of ether oxygens (including phenoxy) is 1. The average molecular weight is 555 g/mol. The summed E-state index contributed by atoms with van der Waals surface area (Å²) in [5, 5.41) is 7.77. The number of rotatable bonds is 5. The topological polar surface area (TPSA) is 71.9 Å². The molecule has 2 unspecified atom stereocenters. The molecule has 2 aromatic carbocycles. The van der Waals surface area contributed by atoms with Gasteiger partial charge in [-0.2, -0.15) is 5.10 Å². The van der Waals surface area contributed by atoms with Crippen LogP contribution in [0.15, 0.2) is 77.5 Å². The molecule has 2 heterocycles. The van der Waals surface area contributed by atoms with Crippen LogP contribution in [0.1, 0.15) is 46.8 Å². The lowest BCUT2D eigenvalue weighted by atomic mass is 9.77. The van der Waals surface area contributed by atoms with Crippen LogP contribution in [0.4, 0.5) is 0 Å². The second-order valence-corrected chi connectivity index (χ2v) is 10.1. The van der Waals surface area contributed by atoms with Gasteiger partial charge in [0.2, 0.25) is 0 Å². The summed E-state index contributed by atoms with van der Waals surface area (Å²) in [6.07, 6.45) is 6.07. The van der Waals surface area contributed by atoms with E-state index in [9.17, 15) is 9.59 Å². The Morgan fingerprint density at radius 1 is 1.03 bits per heavy atom. The molecule has 0 radical (unpaired) electrons. The van der Waals surface area contributed by atoms with Gasteiger partial charge < -0.3 is 4.74 Å². The number of esters is 1. The highest BCUT2D eigenvalue weighted by Gasteiger charge is 2.43. The molecular formula is C28H22Cl3N3O3. The summed E-state index contributed by atoms with van der Waals surface area (Å²) in [5.74, 6) is -1.08. The van der Waals surface area contributed by atoms with Gasteiger partial charge >= 0.3 is 5.97 Å². The number of amides is 1. The molecule has 2 aliphatic rings. The van der Waals surface area contributed by atoms with E-state index in [1.807, 2.05) is 36.4 Å². The van der Waals surface area contributed by atoms with Gasteiger partial charge in [0.25, 0.3) is 5.91 Å². The van der Waals surface area contributed by atoms with Gasteiger partial charge in [-0.25, -0.2) is 14.8 Å². The van der Waals surface area contributed by atoms with Crippen LogP contribution in [0.5, 0.6) is 0 Å². The molecule has 0 bridgehead atoms. The third-order valence-corrected chi connectivity index (χ3v) is 7.16. The van der Waals surface area contributed by atoms with Gasteiger partial charge in [0.05, 0.1) is 17.3 Å². The van der Waals surface area contributed by atoms with E-state index in [2.05, 4.69) is 11.1 Å². The molecule has 1 aliphatic carbocycles. The number of halogens is 3. The molecule has 1 amide bonds. The summed E-state index contributed by atoms with van der Waals surface area (Å²) < 4.78 is 5.30. The Morgan fingerprint density at radius 3 is 2.57 bits per heavy atom. The summed E-state index contributed by atoms with van der Waals surface area (Å²) in [7, 11) is 0. The number of fused-ring (bicyclic) bond motifs is 1. The van der Waals surface area contributed by atoms with Gasteiger partial charge in [0, 0.05) is 22.2 Å². The van der Waals surface area contributed by atoms with Crippen molar-refractivity contribution in [1.82, 2.24) is 9.99 Å². The molecule has 1 saturated carbocycles. The highest BCUT2D eigenvalue weighted by molar-refractivity contribution is 6.31. The van der Waals surface area contributed by atoms with Crippen molar-refractivity contribution >= 4 is 58.5 Å². The Morgan fingerprint density at radius 2 is 1.84 bits per heavy atom. The predicted octanol–water partition coefficient (Wildman–Crippen LogP) is 7.02. The summed E-state index contributed by atoms with van der Waals surface area (Å²) in [6, 6.07) is 17.7. The number of benzene rings is 2. The molecule has 188 valence electrons. The Hall–Kier alpha value is -3.19. The van der Waals surface area contributed by atoms with Crippen molar-refractivity contribution in [3.8, 4) is 0 Å².